The lowest BCUT2D eigenvalue weighted by atomic mass is 9.85. The Labute approximate surface area is 112 Å². The third-order valence-corrected chi connectivity index (χ3v) is 4.55. The van der Waals surface area contributed by atoms with Crippen LogP contribution in [0.2, 0.25) is 0 Å². The second kappa shape index (κ2) is 5.94. The maximum atomic E-state index is 6.21. The maximum absolute atomic E-state index is 6.21. The molecular formula is C15H29N3. The van der Waals surface area contributed by atoms with Crippen molar-refractivity contribution in [2.45, 2.75) is 71.3 Å². The van der Waals surface area contributed by atoms with Gasteiger partial charge >= 0.3 is 0 Å². The lowest BCUT2D eigenvalue weighted by molar-refractivity contribution is 0.312. The van der Waals surface area contributed by atoms with E-state index in [1.165, 1.54) is 51.4 Å². The van der Waals surface area contributed by atoms with E-state index >= 15 is 0 Å². The van der Waals surface area contributed by atoms with E-state index in [0.717, 1.165) is 19.0 Å². The third-order valence-electron chi connectivity index (χ3n) is 4.55. The zero-order valence-corrected chi connectivity index (χ0v) is 12.1. The van der Waals surface area contributed by atoms with E-state index in [-0.39, 0.29) is 0 Å². The predicted molar refractivity (Wildman–Crippen MR) is 77.7 cm³/mol. The van der Waals surface area contributed by atoms with E-state index < -0.39 is 0 Å². The number of likely N-dealkylation sites (tertiary alicyclic amines) is 1. The van der Waals surface area contributed by atoms with Crippen molar-refractivity contribution in [3.8, 4) is 0 Å². The molecule has 0 bridgehead atoms. The average Bonchev–Trinajstić information content (AvgIpc) is 2.51. The van der Waals surface area contributed by atoms with Crippen molar-refractivity contribution in [2.24, 2.45) is 16.1 Å². The van der Waals surface area contributed by atoms with Gasteiger partial charge < -0.3 is 10.6 Å². The summed E-state index contributed by atoms with van der Waals surface area (Å²) in [5, 5.41) is 0. The van der Waals surface area contributed by atoms with Gasteiger partial charge in [0.05, 0.1) is 6.04 Å². The van der Waals surface area contributed by atoms with Crippen LogP contribution in [0, 0.1) is 5.41 Å². The van der Waals surface area contributed by atoms with Crippen LogP contribution >= 0.6 is 0 Å². The van der Waals surface area contributed by atoms with E-state index in [2.05, 4.69) is 18.7 Å². The Bertz CT molecular complexity index is 290. The van der Waals surface area contributed by atoms with Crippen LogP contribution in [0.1, 0.15) is 65.2 Å². The Morgan fingerprint density at radius 3 is 2.50 bits per heavy atom. The molecule has 0 aromatic carbocycles. The molecule has 1 aliphatic heterocycles. The van der Waals surface area contributed by atoms with Crippen LogP contribution < -0.4 is 5.73 Å². The standard InChI is InChI=1S/C15H29N3/c1-15(2)9-6-11-18(12-10-15)14(16)17-13-7-4-3-5-8-13/h13H,3-12H2,1-2H3,(H2,16,17). The van der Waals surface area contributed by atoms with Crippen LogP contribution in [0.15, 0.2) is 4.99 Å². The van der Waals surface area contributed by atoms with Gasteiger partial charge in [0.25, 0.3) is 0 Å². The highest BCUT2D eigenvalue weighted by Crippen LogP contribution is 2.29. The summed E-state index contributed by atoms with van der Waals surface area (Å²) < 4.78 is 0. The van der Waals surface area contributed by atoms with Gasteiger partial charge in [-0.2, -0.15) is 0 Å². The molecule has 2 rings (SSSR count). The molecule has 2 N–H and O–H groups in total. The van der Waals surface area contributed by atoms with E-state index in [9.17, 15) is 0 Å². The topological polar surface area (TPSA) is 41.6 Å². The molecule has 0 radical (unpaired) electrons. The molecule has 104 valence electrons. The Kier molecular flexibility index (Phi) is 4.52. The Hall–Kier alpha value is -0.730. The smallest absolute Gasteiger partial charge is 0.191 e. The summed E-state index contributed by atoms with van der Waals surface area (Å²) in [7, 11) is 0. The Morgan fingerprint density at radius 1 is 1.06 bits per heavy atom. The van der Waals surface area contributed by atoms with Crippen LogP contribution in [0.5, 0.6) is 0 Å². The van der Waals surface area contributed by atoms with Gasteiger partial charge in [0.1, 0.15) is 0 Å². The molecule has 1 saturated carbocycles. The SMILES string of the molecule is CC1(C)CCCN(C(N)=NC2CCCCC2)CC1. The number of nitrogens with two attached hydrogens (primary N) is 1. The minimum atomic E-state index is 0.472. The van der Waals surface area contributed by atoms with E-state index in [0.29, 0.717) is 11.5 Å². The molecule has 1 aliphatic carbocycles. The fourth-order valence-corrected chi connectivity index (χ4v) is 3.13. The monoisotopic (exact) mass is 251 g/mol. The van der Waals surface area contributed by atoms with Gasteiger partial charge in [-0.05, 0) is 37.5 Å². The summed E-state index contributed by atoms with van der Waals surface area (Å²) in [5.41, 5.74) is 6.69. The molecule has 0 aromatic rings. The molecule has 0 amide bonds. The Morgan fingerprint density at radius 2 is 1.78 bits per heavy atom. The fraction of sp³-hybridized carbons (Fsp3) is 0.933. The average molecular weight is 251 g/mol. The van der Waals surface area contributed by atoms with Crippen molar-refractivity contribution >= 4 is 5.96 Å². The highest BCUT2D eigenvalue weighted by atomic mass is 15.3. The van der Waals surface area contributed by atoms with Crippen LogP contribution in [-0.4, -0.2) is 30.0 Å². The lowest BCUT2D eigenvalue weighted by Gasteiger charge is -2.26. The van der Waals surface area contributed by atoms with Gasteiger partial charge in [-0.25, -0.2) is 4.99 Å². The van der Waals surface area contributed by atoms with Crippen molar-refractivity contribution in [3.63, 3.8) is 0 Å². The number of hydrogen-bond acceptors (Lipinski definition) is 1. The molecule has 0 unspecified atom stereocenters. The minimum Gasteiger partial charge on any atom is -0.370 e. The zero-order chi connectivity index (χ0) is 13.0. The summed E-state index contributed by atoms with van der Waals surface area (Å²) in [5.74, 6) is 0.805. The molecule has 0 aromatic heterocycles. The minimum absolute atomic E-state index is 0.472. The second-order valence-corrected chi connectivity index (χ2v) is 6.78. The lowest BCUT2D eigenvalue weighted by Crippen LogP contribution is -2.39. The van der Waals surface area contributed by atoms with Crippen LogP contribution in [0.25, 0.3) is 0 Å². The van der Waals surface area contributed by atoms with Gasteiger partial charge in [0, 0.05) is 13.1 Å². The van der Waals surface area contributed by atoms with E-state index in [4.69, 9.17) is 10.7 Å². The quantitative estimate of drug-likeness (QED) is 0.574. The van der Waals surface area contributed by atoms with Gasteiger partial charge in [0.2, 0.25) is 0 Å². The van der Waals surface area contributed by atoms with Crippen molar-refractivity contribution in [2.75, 3.05) is 13.1 Å². The number of rotatable bonds is 1. The number of aliphatic imine (C=N–C) groups is 1. The molecule has 3 nitrogen and oxygen atoms in total. The molecule has 3 heteroatoms. The molecular weight excluding hydrogens is 222 g/mol. The normalized spacial score (nSPS) is 27.0. The third kappa shape index (κ3) is 3.89. The fourth-order valence-electron chi connectivity index (χ4n) is 3.13. The summed E-state index contributed by atoms with van der Waals surface area (Å²) in [6.07, 6.45) is 10.3. The number of nitrogens with zero attached hydrogens (tertiary/aromatic N) is 2. The Balaban J connectivity index is 1.91. The molecule has 2 aliphatic rings. The molecule has 0 atom stereocenters. The molecule has 1 saturated heterocycles. The number of hydrogen-bond donors (Lipinski definition) is 1. The first-order valence-electron chi connectivity index (χ1n) is 7.65. The van der Waals surface area contributed by atoms with Crippen molar-refractivity contribution in [1.29, 1.82) is 0 Å². The van der Waals surface area contributed by atoms with E-state index in [1.54, 1.807) is 0 Å². The van der Waals surface area contributed by atoms with Crippen LogP contribution in [-0.2, 0) is 0 Å². The highest BCUT2D eigenvalue weighted by Gasteiger charge is 2.24. The van der Waals surface area contributed by atoms with Crippen LogP contribution in [0.4, 0.5) is 0 Å². The molecule has 1 heterocycles. The second-order valence-electron chi connectivity index (χ2n) is 6.78. The predicted octanol–water partition coefficient (Wildman–Crippen LogP) is 3.15. The van der Waals surface area contributed by atoms with Crippen molar-refractivity contribution in [3.05, 3.63) is 0 Å². The number of guanidine groups is 1. The van der Waals surface area contributed by atoms with Crippen molar-refractivity contribution in [1.82, 2.24) is 4.90 Å². The van der Waals surface area contributed by atoms with Crippen LogP contribution in [0.3, 0.4) is 0 Å². The first-order chi connectivity index (χ1) is 8.57. The van der Waals surface area contributed by atoms with Gasteiger partial charge in [-0.3, -0.25) is 0 Å². The first-order valence-corrected chi connectivity index (χ1v) is 7.65. The molecule has 0 spiro atoms. The van der Waals surface area contributed by atoms with E-state index in [1.807, 2.05) is 0 Å². The molecule has 2 fully saturated rings. The first kappa shape index (κ1) is 13.7. The molecule has 18 heavy (non-hydrogen) atoms. The largest absolute Gasteiger partial charge is 0.370 e. The van der Waals surface area contributed by atoms with Crippen molar-refractivity contribution < 1.29 is 0 Å². The summed E-state index contributed by atoms with van der Waals surface area (Å²) in [6, 6.07) is 0.495. The summed E-state index contributed by atoms with van der Waals surface area (Å²) >= 11 is 0. The summed E-state index contributed by atoms with van der Waals surface area (Å²) in [4.78, 5) is 7.08. The zero-order valence-electron chi connectivity index (χ0n) is 12.1. The van der Waals surface area contributed by atoms with Gasteiger partial charge in [-0.1, -0.05) is 33.1 Å². The van der Waals surface area contributed by atoms with Gasteiger partial charge in [-0.15, -0.1) is 0 Å². The van der Waals surface area contributed by atoms with Gasteiger partial charge in [0.15, 0.2) is 5.96 Å². The maximum Gasteiger partial charge on any atom is 0.191 e. The summed E-state index contributed by atoms with van der Waals surface area (Å²) in [6.45, 7) is 6.90. The highest BCUT2D eigenvalue weighted by molar-refractivity contribution is 5.78.